The molecular formula is C15H23N3O2S2. The van der Waals surface area contributed by atoms with Crippen molar-refractivity contribution in [2.45, 2.75) is 32.6 Å². The first-order chi connectivity index (χ1) is 10.6. The largest absolute Gasteiger partial charge is 0.385 e. The monoisotopic (exact) mass is 341 g/mol. The van der Waals surface area contributed by atoms with E-state index >= 15 is 0 Å². The van der Waals surface area contributed by atoms with Gasteiger partial charge in [0, 0.05) is 25.1 Å². The fraction of sp³-hybridized carbons (Fsp3) is 0.600. The van der Waals surface area contributed by atoms with Gasteiger partial charge in [-0.3, -0.25) is 15.6 Å². The van der Waals surface area contributed by atoms with Gasteiger partial charge in [-0.1, -0.05) is 6.92 Å². The number of fused-ring (bicyclic) bond motifs is 1. The number of thiocarbonyl (C=S) groups is 1. The second kappa shape index (κ2) is 8.45. The Morgan fingerprint density at radius 3 is 3.09 bits per heavy atom. The quantitative estimate of drug-likeness (QED) is 0.434. The van der Waals surface area contributed by atoms with Gasteiger partial charge in [-0.05, 0) is 55.4 Å². The number of carbonyl (C=O) groups is 1. The third kappa shape index (κ3) is 4.93. The van der Waals surface area contributed by atoms with Gasteiger partial charge in [0.05, 0.1) is 4.88 Å². The van der Waals surface area contributed by atoms with Gasteiger partial charge in [-0.25, -0.2) is 0 Å². The molecule has 3 N–H and O–H groups in total. The van der Waals surface area contributed by atoms with Crippen LogP contribution in [-0.4, -0.2) is 31.3 Å². The first-order valence-corrected chi connectivity index (χ1v) is 8.77. The normalized spacial score (nSPS) is 16.7. The summed E-state index contributed by atoms with van der Waals surface area (Å²) < 4.78 is 4.95. The number of methoxy groups -OCH3 is 1. The van der Waals surface area contributed by atoms with Crippen molar-refractivity contribution >= 4 is 34.6 Å². The van der Waals surface area contributed by atoms with E-state index in [0.29, 0.717) is 24.2 Å². The van der Waals surface area contributed by atoms with Crippen molar-refractivity contribution in [2.75, 3.05) is 20.3 Å². The Morgan fingerprint density at radius 1 is 1.50 bits per heavy atom. The predicted molar refractivity (Wildman–Crippen MR) is 93.2 cm³/mol. The average molecular weight is 342 g/mol. The predicted octanol–water partition coefficient (Wildman–Crippen LogP) is 2.02. The third-order valence-corrected chi connectivity index (χ3v) is 5.14. The maximum absolute atomic E-state index is 12.2. The maximum Gasteiger partial charge on any atom is 0.279 e. The number of carbonyl (C=O) groups excluding carboxylic acids is 1. The van der Waals surface area contributed by atoms with Crippen molar-refractivity contribution in [3.05, 3.63) is 21.4 Å². The maximum atomic E-state index is 12.2. The van der Waals surface area contributed by atoms with E-state index in [0.717, 1.165) is 24.1 Å². The summed E-state index contributed by atoms with van der Waals surface area (Å²) in [5.41, 5.74) is 6.71. The lowest BCUT2D eigenvalue weighted by Gasteiger charge is -2.16. The summed E-state index contributed by atoms with van der Waals surface area (Å²) >= 11 is 6.69. The molecule has 1 aromatic rings. The van der Waals surface area contributed by atoms with Gasteiger partial charge in [0.1, 0.15) is 0 Å². The molecule has 0 bridgehead atoms. The molecule has 1 heterocycles. The fourth-order valence-electron chi connectivity index (χ4n) is 2.46. The summed E-state index contributed by atoms with van der Waals surface area (Å²) in [6.45, 7) is 3.65. The van der Waals surface area contributed by atoms with Gasteiger partial charge in [0.2, 0.25) is 0 Å². The molecule has 0 aromatic carbocycles. The Morgan fingerprint density at radius 2 is 2.32 bits per heavy atom. The van der Waals surface area contributed by atoms with E-state index < -0.39 is 0 Å². The number of hydrogen-bond acceptors (Lipinski definition) is 4. The van der Waals surface area contributed by atoms with Crippen LogP contribution in [0.15, 0.2) is 6.07 Å². The molecule has 0 aliphatic heterocycles. The molecule has 0 radical (unpaired) electrons. The minimum absolute atomic E-state index is 0.131. The Hall–Kier alpha value is -1.18. The van der Waals surface area contributed by atoms with E-state index in [4.69, 9.17) is 17.0 Å². The lowest BCUT2D eigenvalue weighted by molar-refractivity contribution is 0.0947. The molecular weight excluding hydrogens is 318 g/mol. The molecule has 122 valence electrons. The highest BCUT2D eigenvalue weighted by atomic mass is 32.1. The Labute approximate surface area is 140 Å². The molecule has 22 heavy (non-hydrogen) atoms. The van der Waals surface area contributed by atoms with Crippen molar-refractivity contribution in [1.29, 1.82) is 0 Å². The smallest absolute Gasteiger partial charge is 0.279 e. The number of aryl methyl sites for hydroxylation is 1. The summed E-state index contributed by atoms with van der Waals surface area (Å²) in [7, 11) is 1.66. The molecule has 2 rings (SSSR count). The third-order valence-electron chi connectivity index (χ3n) is 3.65. The van der Waals surface area contributed by atoms with Crippen molar-refractivity contribution < 1.29 is 9.53 Å². The van der Waals surface area contributed by atoms with E-state index in [9.17, 15) is 4.79 Å². The standard InChI is InChI=1S/C15H23N3O2S2/c1-10-4-5-12-11(8-10)9-13(22-12)14(19)17-18-15(21)16-6-3-7-20-2/h9-10H,3-8H2,1-2H3,(H,17,19)(H2,16,18,21). The van der Waals surface area contributed by atoms with Gasteiger partial charge in [0.15, 0.2) is 5.11 Å². The van der Waals surface area contributed by atoms with E-state index in [-0.39, 0.29) is 5.91 Å². The van der Waals surface area contributed by atoms with E-state index in [2.05, 4.69) is 23.1 Å². The van der Waals surface area contributed by atoms with Gasteiger partial charge < -0.3 is 10.1 Å². The van der Waals surface area contributed by atoms with Gasteiger partial charge >= 0.3 is 0 Å². The molecule has 0 saturated heterocycles. The van der Waals surface area contributed by atoms with E-state index in [1.54, 1.807) is 18.4 Å². The number of hydrogen-bond donors (Lipinski definition) is 3. The summed E-state index contributed by atoms with van der Waals surface area (Å²) in [5, 5.41) is 3.42. The summed E-state index contributed by atoms with van der Waals surface area (Å²) in [6, 6.07) is 2.02. The molecule has 1 aromatic heterocycles. The van der Waals surface area contributed by atoms with Gasteiger partial charge in [-0.15, -0.1) is 11.3 Å². The van der Waals surface area contributed by atoms with Crippen molar-refractivity contribution in [1.82, 2.24) is 16.2 Å². The minimum atomic E-state index is -0.131. The molecule has 1 aliphatic rings. The van der Waals surface area contributed by atoms with Crippen molar-refractivity contribution in [3.8, 4) is 0 Å². The number of amides is 1. The zero-order valence-corrected chi connectivity index (χ0v) is 14.7. The number of rotatable bonds is 5. The van der Waals surface area contributed by atoms with Crippen LogP contribution in [0.5, 0.6) is 0 Å². The number of nitrogens with one attached hydrogen (secondary N) is 3. The van der Waals surface area contributed by atoms with Crippen LogP contribution >= 0.6 is 23.6 Å². The van der Waals surface area contributed by atoms with E-state index in [1.807, 2.05) is 6.07 Å². The molecule has 0 fully saturated rings. The summed E-state index contributed by atoms with van der Waals surface area (Å²) in [4.78, 5) is 14.2. The van der Waals surface area contributed by atoms with Crippen LogP contribution in [0.4, 0.5) is 0 Å². The van der Waals surface area contributed by atoms with Crippen LogP contribution in [0.3, 0.4) is 0 Å². The second-order valence-corrected chi connectivity index (χ2v) is 7.13. The van der Waals surface area contributed by atoms with Crippen LogP contribution in [0.2, 0.25) is 0 Å². The zero-order valence-electron chi connectivity index (χ0n) is 13.0. The fourth-order valence-corrected chi connectivity index (χ4v) is 3.71. The molecule has 0 spiro atoms. The number of thiophene rings is 1. The highest BCUT2D eigenvalue weighted by Gasteiger charge is 2.20. The molecule has 1 aliphatic carbocycles. The van der Waals surface area contributed by atoms with E-state index in [1.165, 1.54) is 16.9 Å². The summed E-state index contributed by atoms with van der Waals surface area (Å²) in [5.74, 6) is 0.577. The lowest BCUT2D eigenvalue weighted by atomic mass is 9.90. The lowest BCUT2D eigenvalue weighted by Crippen LogP contribution is -2.46. The van der Waals surface area contributed by atoms with Crippen molar-refractivity contribution in [3.63, 3.8) is 0 Å². The molecule has 5 nitrogen and oxygen atoms in total. The zero-order chi connectivity index (χ0) is 15.9. The van der Waals surface area contributed by atoms with Crippen LogP contribution in [0.1, 0.15) is 39.9 Å². The van der Waals surface area contributed by atoms with Crippen LogP contribution in [0, 0.1) is 5.92 Å². The molecule has 1 amide bonds. The average Bonchev–Trinajstić information content (AvgIpc) is 2.92. The highest BCUT2D eigenvalue weighted by Crippen LogP contribution is 2.31. The Balaban J connectivity index is 1.77. The summed E-state index contributed by atoms with van der Waals surface area (Å²) in [6.07, 6.45) is 4.23. The number of hydrazine groups is 1. The minimum Gasteiger partial charge on any atom is -0.385 e. The molecule has 1 atom stereocenters. The Kier molecular flexibility index (Phi) is 6.60. The highest BCUT2D eigenvalue weighted by molar-refractivity contribution is 7.80. The molecule has 0 saturated carbocycles. The second-order valence-electron chi connectivity index (χ2n) is 5.59. The molecule has 1 unspecified atom stereocenters. The molecule has 7 heteroatoms. The van der Waals surface area contributed by atoms with Crippen LogP contribution in [0.25, 0.3) is 0 Å². The SMILES string of the molecule is COCCCNC(=S)NNC(=O)c1cc2c(s1)CCC(C)C2. The first kappa shape index (κ1) is 17.2. The van der Waals surface area contributed by atoms with Crippen molar-refractivity contribution in [2.24, 2.45) is 5.92 Å². The van der Waals surface area contributed by atoms with Gasteiger partial charge in [-0.2, -0.15) is 0 Å². The first-order valence-electron chi connectivity index (χ1n) is 7.55. The topological polar surface area (TPSA) is 62.4 Å². The van der Waals surface area contributed by atoms with Crippen LogP contribution < -0.4 is 16.2 Å². The van der Waals surface area contributed by atoms with Crippen LogP contribution in [-0.2, 0) is 17.6 Å². The number of ether oxygens (including phenoxy) is 1. The Bertz CT molecular complexity index is 531. The van der Waals surface area contributed by atoms with Gasteiger partial charge in [0.25, 0.3) is 5.91 Å².